The lowest BCUT2D eigenvalue weighted by Crippen LogP contribution is -2.44. The van der Waals surface area contributed by atoms with Crippen LogP contribution in [-0.2, 0) is 14.8 Å². The summed E-state index contributed by atoms with van der Waals surface area (Å²) in [5.74, 6) is -0.226. The Hall–Kier alpha value is -3.09. The largest absolute Gasteiger partial charge is 0.479 e. The molecule has 0 bridgehead atoms. The first-order valence-electron chi connectivity index (χ1n) is 9.64. The van der Waals surface area contributed by atoms with E-state index < -0.39 is 22.0 Å². The van der Waals surface area contributed by atoms with E-state index >= 15 is 0 Å². The van der Waals surface area contributed by atoms with Crippen LogP contribution in [0.2, 0.25) is 0 Å². The van der Waals surface area contributed by atoms with Crippen LogP contribution in [0.25, 0.3) is 0 Å². The minimum absolute atomic E-state index is 0.0335. The minimum Gasteiger partial charge on any atom is -0.479 e. The molecular formula is C21H24N4O4S. The average Bonchev–Trinajstić information content (AvgIpc) is 3.54. The maximum absolute atomic E-state index is 12.6. The van der Waals surface area contributed by atoms with Gasteiger partial charge in [0.1, 0.15) is 11.8 Å². The fourth-order valence-corrected chi connectivity index (χ4v) is 4.01. The van der Waals surface area contributed by atoms with E-state index in [-0.39, 0.29) is 16.9 Å². The number of sulfonamides is 1. The Morgan fingerprint density at radius 2 is 1.80 bits per heavy atom. The van der Waals surface area contributed by atoms with Crippen LogP contribution in [0.1, 0.15) is 32.3 Å². The van der Waals surface area contributed by atoms with E-state index in [4.69, 9.17) is 4.74 Å². The Kier molecular flexibility index (Phi) is 6.59. The van der Waals surface area contributed by atoms with Gasteiger partial charge in [-0.3, -0.25) is 15.6 Å². The van der Waals surface area contributed by atoms with Gasteiger partial charge in [0.15, 0.2) is 6.10 Å². The normalized spacial score (nSPS) is 14.6. The summed E-state index contributed by atoms with van der Waals surface area (Å²) in [6.07, 6.45) is 0.903. The molecule has 1 aliphatic rings. The van der Waals surface area contributed by atoms with Crippen LogP contribution in [-0.4, -0.2) is 26.5 Å². The van der Waals surface area contributed by atoms with Crippen molar-refractivity contribution in [1.82, 2.24) is 10.1 Å². The molecule has 30 heavy (non-hydrogen) atoms. The van der Waals surface area contributed by atoms with Gasteiger partial charge in [-0.15, -0.1) is 0 Å². The standard InChI is InChI=1S/C21H24N4O4S/c1-14(2)20(29-19-6-4-3-5-15(19)13-22)21(26)24-23-16-9-11-18(12-10-16)30(27,28)25-17-7-8-17/h3-6,9-12,14,17,20,23,25H,7-8H2,1-2H3,(H,24,26). The molecule has 0 aromatic heterocycles. The summed E-state index contributed by atoms with van der Waals surface area (Å²) in [6, 6.07) is 14.9. The molecule has 1 saturated carbocycles. The van der Waals surface area contributed by atoms with Crippen molar-refractivity contribution in [1.29, 1.82) is 5.26 Å². The van der Waals surface area contributed by atoms with Gasteiger partial charge in [-0.05, 0) is 55.2 Å². The van der Waals surface area contributed by atoms with E-state index in [0.29, 0.717) is 17.0 Å². The molecule has 0 heterocycles. The van der Waals surface area contributed by atoms with Gasteiger partial charge in [0.05, 0.1) is 16.1 Å². The quantitative estimate of drug-likeness (QED) is 0.528. The van der Waals surface area contributed by atoms with E-state index in [9.17, 15) is 18.5 Å². The van der Waals surface area contributed by atoms with Gasteiger partial charge in [-0.2, -0.15) is 5.26 Å². The molecule has 0 spiro atoms. The monoisotopic (exact) mass is 428 g/mol. The number of hydrogen-bond acceptors (Lipinski definition) is 6. The van der Waals surface area contributed by atoms with Crippen molar-refractivity contribution in [3.05, 3.63) is 54.1 Å². The third kappa shape index (κ3) is 5.49. The molecule has 9 heteroatoms. The SMILES string of the molecule is CC(C)C(Oc1ccccc1C#N)C(=O)NNc1ccc(S(=O)(=O)NC2CC2)cc1. The van der Waals surface area contributed by atoms with Crippen LogP contribution in [0.15, 0.2) is 53.4 Å². The van der Waals surface area contributed by atoms with Gasteiger partial charge < -0.3 is 4.74 Å². The first-order chi connectivity index (χ1) is 14.3. The van der Waals surface area contributed by atoms with Gasteiger partial charge in [0.25, 0.3) is 5.91 Å². The number of nitrogens with one attached hydrogen (secondary N) is 3. The molecule has 158 valence electrons. The third-order valence-corrected chi connectivity index (χ3v) is 6.06. The van der Waals surface area contributed by atoms with E-state index in [0.717, 1.165) is 12.8 Å². The predicted molar refractivity (Wildman–Crippen MR) is 112 cm³/mol. The minimum atomic E-state index is -3.52. The van der Waals surface area contributed by atoms with Crippen molar-refractivity contribution >= 4 is 21.6 Å². The summed E-state index contributed by atoms with van der Waals surface area (Å²) in [7, 11) is -3.52. The molecule has 3 rings (SSSR count). The smallest absolute Gasteiger partial charge is 0.279 e. The summed E-state index contributed by atoms with van der Waals surface area (Å²) in [4.78, 5) is 12.8. The van der Waals surface area contributed by atoms with Gasteiger partial charge >= 0.3 is 0 Å². The second-order valence-electron chi connectivity index (χ2n) is 7.42. The van der Waals surface area contributed by atoms with Crippen LogP contribution in [0.3, 0.4) is 0 Å². The maximum atomic E-state index is 12.6. The van der Waals surface area contributed by atoms with Gasteiger partial charge in [-0.25, -0.2) is 13.1 Å². The molecule has 0 radical (unpaired) electrons. The summed E-state index contributed by atoms with van der Waals surface area (Å²) in [5, 5.41) is 9.20. The van der Waals surface area contributed by atoms with Gasteiger partial charge in [0, 0.05) is 6.04 Å². The molecule has 8 nitrogen and oxygen atoms in total. The highest BCUT2D eigenvalue weighted by Gasteiger charge is 2.28. The third-order valence-electron chi connectivity index (χ3n) is 4.52. The molecule has 1 fully saturated rings. The molecule has 1 unspecified atom stereocenters. The average molecular weight is 429 g/mol. The van der Waals surface area contributed by atoms with E-state index in [2.05, 4.69) is 15.6 Å². The molecule has 0 aliphatic heterocycles. The van der Waals surface area contributed by atoms with Crippen molar-refractivity contribution < 1.29 is 17.9 Å². The maximum Gasteiger partial charge on any atom is 0.279 e. The fourth-order valence-electron chi connectivity index (χ4n) is 2.70. The summed E-state index contributed by atoms with van der Waals surface area (Å²) >= 11 is 0. The van der Waals surface area contributed by atoms with Crippen molar-refractivity contribution in [2.24, 2.45) is 5.92 Å². The number of carbonyl (C=O) groups is 1. The van der Waals surface area contributed by atoms with Crippen molar-refractivity contribution in [2.45, 2.75) is 43.7 Å². The molecular weight excluding hydrogens is 404 g/mol. The first-order valence-corrected chi connectivity index (χ1v) is 11.1. The van der Waals surface area contributed by atoms with Crippen LogP contribution in [0, 0.1) is 17.2 Å². The number of rotatable bonds is 9. The lowest BCUT2D eigenvalue weighted by atomic mass is 10.1. The topological polar surface area (TPSA) is 120 Å². The lowest BCUT2D eigenvalue weighted by Gasteiger charge is -2.22. The highest BCUT2D eigenvalue weighted by atomic mass is 32.2. The van der Waals surface area contributed by atoms with E-state index in [1.165, 1.54) is 12.1 Å². The number of carbonyl (C=O) groups excluding carboxylic acids is 1. The zero-order valence-corrected chi connectivity index (χ0v) is 17.6. The Morgan fingerprint density at radius 1 is 1.13 bits per heavy atom. The summed E-state index contributed by atoms with van der Waals surface area (Å²) in [6.45, 7) is 3.68. The number of nitriles is 1. The number of nitrogens with zero attached hydrogens (tertiary/aromatic N) is 1. The van der Waals surface area contributed by atoms with Crippen molar-refractivity contribution in [3.8, 4) is 11.8 Å². The molecule has 2 aromatic rings. The zero-order valence-electron chi connectivity index (χ0n) is 16.8. The second-order valence-corrected chi connectivity index (χ2v) is 9.14. The number of ether oxygens (including phenoxy) is 1. The number of para-hydroxylation sites is 1. The van der Waals surface area contributed by atoms with E-state index in [1.807, 2.05) is 19.9 Å². The summed E-state index contributed by atoms with van der Waals surface area (Å²) in [5.41, 5.74) is 6.21. The number of anilines is 1. The van der Waals surface area contributed by atoms with Crippen LogP contribution in [0.4, 0.5) is 5.69 Å². The Balaban J connectivity index is 1.62. The predicted octanol–water partition coefficient (Wildman–Crippen LogP) is 2.55. The lowest BCUT2D eigenvalue weighted by molar-refractivity contribution is -0.129. The Morgan fingerprint density at radius 3 is 2.40 bits per heavy atom. The van der Waals surface area contributed by atoms with Gasteiger partial charge in [0.2, 0.25) is 10.0 Å². The first kappa shape index (κ1) is 21.6. The van der Waals surface area contributed by atoms with Crippen LogP contribution in [0.5, 0.6) is 5.75 Å². The van der Waals surface area contributed by atoms with Crippen molar-refractivity contribution in [3.63, 3.8) is 0 Å². The fraction of sp³-hybridized carbons (Fsp3) is 0.333. The Bertz CT molecular complexity index is 1040. The number of hydrogen-bond donors (Lipinski definition) is 3. The Labute approximate surface area is 176 Å². The van der Waals surface area contributed by atoms with Crippen LogP contribution >= 0.6 is 0 Å². The summed E-state index contributed by atoms with van der Waals surface area (Å²) < 4.78 is 32.8. The molecule has 0 saturated heterocycles. The highest BCUT2D eigenvalue weighted by molar-refractivity contribution is 7.89. The molecule has 1 aliphatic carbocycles. The van der Waals surface area contributed by atoms with E-state index in [1.54, 1.807) is 36.4 Å². The number of amides is 1. The molecule has 2 aromatic carbocycles. The highest BCUT2D eigenvalue weighted by Crippen LogP contribution is 2.23. The second kappa shape index (κ2) is 9.15. The van der Waals surface area contributed by atoms with Gasteiger partial charge in [-0.1, -0.05) is 26.0 Å². The molecule has 3 N–H and O–H groups in total. The zero-order chi connectivity index (χ0) is 21.7. The van der Waals surface area contributed by atoms with Crippen LogP contribution < -0.4 is 20.3 Å². The molecule has 1 atom stereocenters. The molecule has 1 amide bonds. The number of benzene rings is 2. The number of hydrazine groups is 1. The van der Waals surface area contributed by atoms with Crippen molar-refractivity contribution in [2.75, 3.05) is 5.43 Å².